The molecule has 0 spiro atoms. The van der Waals surface area contributed by atoms with Gasteiger partial charge >= 0.3 is 40.0 Å². The Morgan fingerprint density at radius 2 is 1.54 bits per heavy atom. The molecular formula is C18H31NaO6S. The van der Waals surface area contributed by atoms with Crippen molar-refractivity contribution in [2.24, 2.45) is 0 Å². The molecule has 1 aromatic carbocycles. The van der Waals surface area contributed by atoms with Crippen molar-refractivity contribution in [3.8, 4) is 5.75 Å². The van der Waals surface area contributed by atoms with Crippen LogP contribution in [0.5, 0.6) is 5.75 Å². The summed E-state index contributed by atoms with van der Waals surface area (Å²) in [4.78, 5) is 0. The van der Waals surface area contributed by atoms with Gasteiger partial charge in [0, 0.05) is 0 Å². The Hall–Kier alpha value is -0.150. The average molecular weight is 398 g/mol. The summed E-state index contributed by atoms with van der Waals surface area (Å²) in [5.41, 5.74) is 0. The van der Waals surface area contributed by atoms with Crippen LogP contribution in [0.3, 0.4) is 0 Å². The van der Waals surface area contributed by atoms with Gasteiger partial charge in [-0.3, -0.25) is 0 Å². The molecule has 0 N–H and O–H groups in total. The van der Waals surface area contributed by atoms with Gasteiger partial charge in [0.2, 0.25) is 0 Å². The van der Waals surface area contributed by atoms with E-state index in [4.69, 9.17) is 17.8 Å². The van der Waals surface area contributed by atoms with E-state index in [1.54, 1.807) is 19.1 Å². The molecule has 0 aliphatic rings. The summed E-state index contributed by atoms with van der Waals surface area (Å²) in [5.74, 6) is 0.629. The van der Waals surface area contributed by atoms with Crippen molar-refractivity contribution in [2.45, 2.75) is 71.9 Å². The number of unbranched alkanes of at least 4 members (excludes halogenated alkanes) is 5. The Morgan fingerprint density at radius 3 is 2.19 bits per heavy atom. The van der Waals surface area contributed by atoms with Gasteiger partial charge in [-0.25, -0.2) is 8.37 Å². The molecule has 0 saturated carbocycles. The van der Waals surface area contributed by atoms with Gasteiger partial charge < -0.3 is 9.47 Å². The fourth-order valence-corrected chi connectivity index (χ4v) is 3.00. The van der Waals surface area contributed by atoms with E-state index in [2.05, 4.69) is 6.92 Å². The third kappa shape index (κ3) is 13.1. The molecule has 0 saturated heterocycles. The van der Waals surface area contributed by atoms with Crippen molar-refractivity contribution in [1.29, 1.82) is 0 Å². The second kappa shape index (κ2) is 14.9. The molecule has 0 aromatic heterocycles. The van der Waals surface area contributed by atoms with E-state index in [0.29, 0.717) is 12.2 Å². The van der Waals surface area contributed by atoms with Gasteiger partial charge in [0.15, 0.2) is 12.6 Å². The minimum atomic E-state index is -4.08. The zero-order valence-electron chi connectivity index (χ0n) is 15.3. The predicted molar refractivity (Wildman–Crippen MR) is 104 cm³/mol. The van der Waals surface area contributed by atoms with Crippen LogP contribution in [0.4, 0.5) is 0 Å². The van der Waals surface area contributed by atoms with E-state index in [1.165, 1.54) is 26.2 Å². The number of rotatable bonds is 14. The van der Waals surface area contributed by atoms with Gasteiger partial charge in [0.05, 0.1) is 6.61 Å². The van der Waals surface area contributed by atoms with Crippen molar-refractivity contribution in [3.63, 3.8) is 0 Å². The minimum absolute atomic E-state index is 0. The van der Waals surface area contributed by atoms with Crippen LogP contribution in [-0.4, -0.2) is 57.2 Å². The van der Waals surface area contributed by atoms with Gasteiger partial charge in [-0.1, -0.05) is 57.2 Å². The standard InChI is InChI=1S/C18H30O6S.Na.H/c1-4-5-6-7-8-12-15-21-25(19,20)24-17(3)22-16(2)23-18-13-10-9-11-14-18;;/h9-11,13-14,16-17H,4-8,12,15H2,1-3H3;;. The third-order valence-electron chi connectivity index (χ3n) is 3.41. The van der Waals surface area contributed by atoms with Gasteiger partial charge in [0.1, 0.15) is 5.75 Å². The molecule has 0 bridgehead atoms. The molecule has 1 rings (SSSR count). The van der Waals surface area contributed by atoms with E-state index < -0.39 is 23.0 Å². The first-order valence-electron chi connectivity index (χ1n) is 8.87. The molecule has 0 fully saturated rings. The van der Waals surface area contributed by atoms with Crippen molar-refractivity contribution in [1.82, 2.24) is 0 Å². The summed E-state index contributed by atoms with van der Waals surface area (Å²) in [6.07, 6.45) is 4.62. The first-order valence-corrected chi connectivity index (χ1v) is 10.2. The summed E-state index contributed by atoms with van der Waals surface area (Å²) >= 11 is 0. The maximum atomic E-state index is 11.8. The van der Waals surface area contributed by atoms with Crippen LogP contribution < -0.4 is 4.74 Å². The van der Waals surface area contributed by atoms with Crippen molar-refractivity contribution in [2.75, 3.05) is 6.61 Å². The molecule has 2 unspecified atom stereocenters. The van der Waals surface area contributed by atoms with Gasteiger partial charge in [0.25, 0.3) is 0 Å². The Labute approximate surface area is 180 Å². The fourth-order valence-electron chi connectivity index (χ4n) is 2.25. The van der Waals surface area contributed by atoms with Gasteiger partial charge in [-0.2, -0.15) is 8.42 Å². The Morgan fingerprint density at radius 1 is 0.923 bits per heavy atom. The molecule has 6 nitrogen and oxygen atoms in total. The van der Waals surface area contributed by atoms with E-state index in [9.17, 15) is 8.42 Å². The number of ether oxygens (including phenoxy) is 2. The summed E-state index contributed by atoms with van der Waals surface area (Å²) in [7, 11) is -4.08. The normalized spacial score (nSPS) is 13.7. The van der Waals surface area contributed by atoms with E-state index in [-0.39, 0.29) is 36.2 Å². The SMILES string of the molecule is CCCCCCCCOS(=O)(=O)OC(C)OC(C)Oc1ccccc1.[NaH]. The quantitative estimate of drug-likeness (QED) is 0.270. The monoisotopic (exact) mass is 398 g/mol. The maximum absolute atomic E-state index is 11.8. The molecule has 8 heteroatoms. The number of para-hydroxylation sites is 1. The number of hydrogen-bond acceptors (Lipinski definition) is 6. The molecule has 1 aromatic rings. The van der Waals surface area contributed by atoms with Crippen LogP contribution in [0.2, 0.25) is 0 Å². The van der Waals surface area contributed by atoms with Crippen LogP contribution in [0, 0.1) is 0 Å². The molecule has 0 aliphatic carbocycles. The molecule has 2 atom stereocenters. The molecule has 146 valence electrons. The summed E-state index contributed by atoms with van der Waals surface area (Å²) in [6.45, 7) is 5.42. The molecular weight excluding hydrogens is 367 g/mol. The second-order valence-electron chi connectivity index (χ2n) is 5.80. The predicted octanol–water partition coefficient (Wildman–Crippen LogP) is 3.76. The van der Waals surface area contributed by atoms with Crippen LogP contribution in [0.1, 0.15) is 59.3 Å². The van der Waals surface area contributed by atoms with Crippen molar-refractivity contribution in [3.05, 3.63) is 30.3 Å². The third-order valence-corrected chi connectivity index (χ3v) is 4.37. The Kier molecular flexibility index (Phi) is 14.8. The zero-order chi connectivity index (χ0) is 18.5. The van der Waals surface area contributed by atoms with E-state index >= 15 is 0 Å². The topological polar surface area (TPSA) is 71.1 Å². The van der Waals surface area contributed by atoms with E-state index in [1.807, 2.05) is 18.2 Å². The Balaban J connectivity index is 0.00000625. The van der Waals surface area contributed by atoms with Gasteiger partial charge in [-0.05, 0) is 32.4 Å². The van der Waals surface area contributed by atoms with E-state index in [0.717, 1.165) is 12.8 Å². The van der Waals surface area contributed by atoms with Crippen molar-refractivity contribution < 1.29 is 26.3 Å². The zero-order valence-corrected chi connectivity index (χ0v) is 16.2. The average Bonchev–Trinajstić information content (AvgIpc) is 2.54. The van der Waals surface area contributed by atoms with Crippen LogP contribution in [0.15, 0.2) is 30.3 Å². The number of hydrogen-bond donors (Lipinski definition) is 0. The fraction of sp³-hybridized carbons (Fsp3) is 0.667. The molecule has 0 radical (unpaired) electrons. The molecule has 0 amide bonds. The summed E-state index contributed by atoms with van der Waals surface area (Å²) in [6, 6.07) is 9.11. The molecule has 26 heavy (non-hydrogen) atoms. The second-order valence-corrected chi connectivity index (χ2v) is 7.04. The number of benzene rings is 1. The van der Waals surface area contributed by atoms with Crippen LogP contribution >= 0.6 is 0 Å². The Bertz CT molecular complexity index is 552. The first kappa shape index (κ1) is 25.9. The first-order chi connectivity index (χ1) is 11.9. The van der Waals surface area contributed by atoms with Crippen LogP contribution in [0.25, 0.3) is 0 Å². The van der Waals surface area contributed by atoms with Crippen LogP contribution in [-0.2, 0) is 23.5 Å². The summed E-state index contributed by atoms with van der Waals surface area (Å²) in [5, 5.41) is 0. The van der Waals surface area contributed by atoms with Crippen molar-refractivity contribution >= 4 is 40.0 Å². The molecule has 0 heterocycles. The van der Waals surface area contributed by atoms with Gasteiger partial charge in [-0.15, -0.1) is 0 Å². The molecule has 0 aliphatic heterocycles. The summed E-state index contributed by atoms with van der Waals surface area (Å²) < 4.78 is 44.0.